The molecule has 1 aliphatic rings. The van der Waals surface area contributed by atoms with Crippen molar-refractivity contribution in [2.45, 2.75) is 49.1 Å². The molecule has 0 radical (unpaired) electrons. The Kier molecular flexibility index (Phi) is 5.33. The molecule has 31 heavy (non-hydrogen) atoms. The first-order valence-electron chi connectivity index (χ1n) is 10.6. The van der Waals surface area contributed by atoms with E-state index in [1.165, 1.54) is 11.8 Å². The summed E-state index contributed by atoms with van der Waals surface area (Å²) >= 11 is 0. The summed E-state index contributed by atoms with van der Waals surface area (Å²) in [5, 5.41) is 5.40. The lowest BCUT2D eigenvalue weighted by atomic mass is 9.82. The minimum Gasteiger partial charge on any atom is -0.346 e. The van der Waals surface area contributed by atoms with Gasteiger partial charge in [0.1, 0.15) is 10.5 Å². The summed E-state index contributed by atoms with van der Waals surface area (Å²) in [6, 6.07) is 13.9. The minimum absolute atomic E-state index is 0.0537. The molecular formula is C23H25N5O2S. The van der Waals surface area contributed by atoms with E-state index >= 15 is 0 Å². The number of nitrogens with one attached hydrogen (secondary N) is 2. The summed E-state index contributed by atoms with van der Waals surface area (Å²) in [6.07, 6.45) is 10.4. The molecule has 1 saturated carbocycles. The highest BCUT2D eigenvalue weighted by atomic mass is 32.2. The lowest BCUT2D eigenvalue weighted by Crippen LogP contribution is -2.37. The largest absolute Gasteiger partial charge is 0.346 e. The molecule has 0 atom stereocenters. The third-order valence-corrected chi connectivity index (χ3v) is 7.55. The predicted molar refractivity (Wildman–Crippen MR) is 119 cm³/mol. The van der Waals surface area contributed by atoms with E-state index in [2.05, 4.69) is 25.9 Å². The first-order chi connectivity index (χ1) is 15.1. The SMILES string of the molecule is O=S(=O)(NC1CCC(c2c[nH]c3ncccc23)CC1)c1cnn(Cc2ccccc2)c1. The van der Waals surface area contributed by atoms with Crippen molar-refractivity contribution in [3.05, 3.63) is 78.4 Å². The summed E-state index contributed by atoms with van der Waals surface area (Å²) < 4.78 is 30.3. The molecule has 0 unspecified atom stereocenters. The van der Waals surface area contributed by atoms with Crippen LogP contribution in [0.15, 0.2) is 72.1 Å². The van der Waals surface area contributed by atoms with Crippen LogP contribution in [0, 0.1) is 0 Å². The van der Waals surface area contributed by atoms with Crippen LogP contribution in [0.25, 0.3) is 11.0 Å². The zero-order valence-electron chi connectivity index (χ0n) is 17.1. The standard InChI is InChI=1S/C23H25N5O2S/c29-31(30,20-13-26-28(16-20)15-17-5-2-1-3-6-17)27-19-10-8-18(9-11-19)22-14-25-23-21(22)7-4-12-24-23/h1-7,12-14,16,18-19,27H,8-11,15H2,(H,24,25). The second-order valence-electron chi connectivity index (χ2n) is 8.17. The molecule has 1 aromatic carbocycles. The molecule has 3 aromatic heterocycles. The number of hydrogen-bond acceptors (Lipinski definition) is 4. The van der Waals surface area contributed by atoms with Crippen LogP contribution in [0.3, 0.4) is 0 Å². The number of aromatic amines is 1. The van der Waals surface area contributed by atoms with Crippen molar-refractivity contribution in [2.75, 3.05) is 0 Å². The Morgan fingerprint density at radius 1 is 1.06 bits per heavy atom. The van der Waals surface area contributed by atoms with Gasteiger partial charge in [-0.15, -0.1) is 0 Å². The maximum Gasteiger partial charge on any atom is 0.243 e. The van der Waals surface area contributed by atoms with Gasteiger partial charge < -0.3 is 4.98 Å². The van der Waals surface area contributed by atoms with Gasteiger partial charge in [-0.25, -0.2) is 18.1 Å². The molecule has 5 rings (SSSR count). The van der Waals surface area contributed by atoms with E-state index in [0.717, 1.165) is 42.3 Å². The molecule has 3 heterocycles. The minimum atomic E-state index is -3.59. The fraction of sp³-hybridized carbons (Fsp3) is 0.304. The van der Waals surface area contributed by atoms with E-state index in [-0.39, 0.29) is 10.9 Å². The van der Waals surface area contributed by atoms with E-state index in [0.29, 0.717) is 12.5 Å². The molecule has 7 nitrogen and oxygen atoms in total. The fourth-order valence-electron chi connectivity index (χ4n) is 4.46. The normalized spacial score (nSPS) is 19.6. The fourth-order valence-corrected chi connectivity index (χ4v) is 5.72. The summed E-state index contributed by atoms with van der Waals surface area (Å²) in [5.41, 5.74) is 3.27. The van der Waals surface area contributed by atoms with E-state index < -0.39 is 10.0 Å². The van der Waals surface area contributed by atoms with Gasteiger partial charge in [0.05, 0.1) is 12.7 Å². The lowest BCUT2D eigenvalue weighted by molar-refractivity contribution is 0.375. The zero-order valence-corrected chi connectivity index (χ0v) is 17.9. The molecule has 0 aliphatic heterocycles. The van der Waals surface area contributed by atoms with Crippen LogP contribution in [0.5, 0.6) is 0 Å². The van der Waals surface area contributed by atoms with E-state index in [9.17, 15) is 8.42 Å². The van der Waals surface area contributed by atoms with Gasteiger partial charge >= 0.3 is 0 Å². The summed E-state index contributed by atoms with van der Waals surface area (Å²) in [6.45, 7) is 0.543. The molecule has 160 valence electrons. The molecule has 0 bridgehead atoms. The molecule has 4 aromatic rings. The molecule has 0 spiro atoms. The van der Waals surface area contributed by atoms with Crippen molar-refractivity contribution in [1.82, 2.24) is 24.5 Å². The van der Waals surface area contributed by atoms with Crippen molar-refractivity contribution in [2.24, 2.45) is 0 Å². The second-order valence-corrected chi connectivity index (χ2v) is 9.89. The Morgan fingerprint density at radius 3 is 2.68 bits per heavy atom. The highest BCUT2D eigenvalue weighted by molar-refractivity contribution is 7.89. The smallest absolute Gasteiger partial charge is 0.243 e. The monoisotopic (exact) mass is 435 g/mol. The van der Waals surface area contributed by atoms with Crippen LogP contribution in [-0.2, 0) is 16.6 Å². The van der Waals surface area contributed by atoms with E-state index in [1.54, 1.807) is 17.1 Å². The molecular weight excluding hydrogens is 410 g/mol. The number of nitrogens with zero attached hydrogens (tertiary/aromatic N) is 3. The molecule has 1 aliphatic carbocycles. The van der Waals surface area contributed by atoms with Crippen molar-refractivity contribution >= 4 is 21.1 Å². The number of sulfonamides is 1. The van der Waals surface area contributed by atoms with Gasteiger partial charge in [0.2, 0.25) is 10.0 Å². The number of aromatic nitrogens is 4. The van der Waals surface area contributed by atoms with Crippen molar-refractivity contribution in [3.8, 4) is 0 Å². The second kappa shape index (κ2) is 8.28. The summed E-state index contributed by atoms with van der Waals surface area (Å²) in [4.78, 5) is 7.83. The van der Waals surface area contributed by atoms with Crippen molar-refractivity contribution in [1.29, 1.82) is 0 Å². The van der Waals surface area contributed by atoms with Gasteiger partial charge in [-0.05, 0) is 54.9 Å². The Labute approximate surface area is 181 Å². The first kappa shape index (κ1) is 20.0. The third kappa shape index (κ3) is 4.26. The van der Waals surface area contributed by atoms with Crippen molar-refractivity contribution in [3.63, 3.8) is 0 Å². The van der Waals surface area contributed by atoms with Crippen LogP contribution in [0.4, 0.5) is 0 Å². The van der Waals surface area contributed by atoms with Crippen LogP contribution < -0.4 is 4.72 Å². The number of benzene rings is 1. The van der Waals surface area contributed by atoms with Gasteiger partial charge in [0.25, 0.3) is 0 Å². The quantitative estimate of drug-likeness (QED) is 0.482. The van der Waals surface area contributed by atoms with Gasteiger partial charge in [0, 0.05) is 30.0 Å². The lowest BCUT2D eigenvalue weighted by Gasteiger charge is -2.28. The van der Waals surface area contributed by atoms with Crippen LogP contribution in [0.2, 0.25) is 0 Å². The maximum absolute atomic E-state index is 12.9. The molecule has 0 saturated heterocycles. The number of H-pyrrole nitrogens is 1. The topological polar surface area (TPSA) is 92.7 Å². The average molecular weight is 436 g/mol. The number of rotatable bonds is 6. The van der Waals surface area contributed by atoms with Gasteiger partial charge in [-0.3, -0.25) is 4.68 Å². The van der Waals surface area contributed by atoms with Crippen LogP contribution in [-0.4, -0.2) is 34.2 Å². The third-order valence-electron chi connectivity index (χ3n) is 6.08. The Balaban J connectivity index is 1.22. The Morgan fingerprint density at radius 2 is 1.87 bits per heavy atom. The molecule has 8 heteroatoms. The highest BCUT2D eigenvalue weighted by Crippen LogP contribution is 2.36. The number of fused-ring (bicyclic) bond motifs is 1. The average Bonchev–Trinajstić information content (AvgIpc) is 3.43. The number of pyridine rings is 1. The maximum atomic E-state index is 12.9. The summed E-state index contributed by atoms with van der Waals surface area (Å²) in [5.74, 6) is 0.423. The Hall–Kier alpha value is -2.97. The first-order valence-corrected chi connectivity index (χ1v) is 12.1. The van der Waals surface area contributed by atoms with Gasteiger partial charge in [-0.2, -0.15) is 5.10 Å². The van der Waals surface area contributed by atoms with Gasteiger partial charge in [-0.1, -0.05) is 30.3 Å². The predicted octanol–water partition coefficient (Wildman–Crippen LogP) is 3.81. The van der Waals surface area contributed by atoms with Gasteiger partial charge in [0.15, 0.2) is 0 Å². The van der Waals surface area contributed by atoms with E-state index in [4.69, 9.17) is 0 Å². The zero-order chi connectivity index (χ0) is 21.3. The number of hydrogen-bond donors (Lipinski definition) is 2. The van der Waals surface area contributed by atoms with Crippen LogP contribution >= 0.6 is 0 Å². The summed E-state index contributed by atoms with van der Waals surface area (Å²) in [7, 11) is -3.59. The van der Waals surface area contributed by atoms with E-state index in [1.807, 2.05) is 42.6 Å². The van der Waals surface area contributed by atoms with Crippen molar-refractivity contribution < 1.29 is 8.42 Å². The highest BCUT2D eigenvalue weighted by Gasteiger charge is 2.28. The molecule has 2 N–H and O–H groups in total. The molecule has 1 fully saturated rings. The molecule has 0 amide bonds. The van der Waals surface area contributed by atoms with Crippen LogP contribution in [0.1, 0.15) is 42.7 Å². The Bertz CT molecular complexity index is 1270.